The molecule has 3 saturated carbocycles. The fourth-order valence-electron chi connectivity index (χ4n) is 7.89. The van der Waals surface area contributed by atoms with Gasteiger partial charge in [-0.2, -0.15) is 0 Å². The van der Waals surface area contributed by atoms with Gasteiger partial charge in [0.15, 0.2) is 0 Å². The molecule has 0 radical (unpaired) electrons. The molecule has 7 atom stereocenters. The minimum atomic E-state index is -0.106. The molecule has 0 unspecified atom stereocenters. The number of hydrogen-bond acceptors (Lipinski definition) is 2. The van der Waals surface area contributed by atoms with Crippen LogP contribution < -0.4 is 0 Å². The van der Waals surface area contributed by atoms with E-state index in [0.717, 1.165) is 18.9 Å². The highest BCUT2D eigenvalue weighted by Crippen LogP contribution is 2.65. The lowest BCUT2D eigenvalue weighted by molar-refractivity contribution is -0.0836. The maximum atomic E-state index is 10.8. The minimum Gasteiger partial charge on any atom is -0.393 e. The van der Waals surface area contributed by atoms with Gasteiger partial charge in [0.2, 0.25) is 0 Å². The van der Waals surface area contributed by atoms with Crippen molar-refractivity contribution in [2.24, 2.45) is 28.6 Å². The largest absolute Gasteiger partial charge is 0.393 e. The second-order valence-corrected chi connectivity index (χ2v) is 10.6. The topological polar surface area (TPSA) is 39.3 Å². The number of aromatic nitrogens is 1. The van der Waals surface area contributed by atoms with E-state index in [0.29, 0.717) is 17.9 Å². The number of rotatable bonds is 1. The van der Waals surface area contributed by atoms with Gasteiger partial charge < -0.3 is 10.1 Å². The van der Waals surface area contributed by atoms with E-state index < -0.39 is 0 Å². The number of aliphatic hydroxyl groups excluding tert-OH is 1. The molecule has 1 aromatic heterocycles. The van der Waals surface area contributed by atoms with Gasteiger partial charge in [-0.1, -0.05) is 26.0 Å². The number of fused-ring (bicyclic) bond motifs is 5. The number of nitrogens with one attached hydrogen (secondary N) is 1. The first kappa shape index (κ1) is 18.7. The van der Waals surface area contributed by atoms with E-state index in [-0.39, 0.29) is 16.9 Å². The van der Waals surface area contributed by atoms with Crippen LogP contribution in [0.1, 0.15) is 58.6 Å². The summed E-state index contributed by atoms with van der Waals surface area (Å²) in [5.41, 5.74) is 4.65. The Morgan fingerprint density at radius 1 is 1.21 bits per heavy atom. The fraction of sp³-hybridized carbons (Fsp3) is 0.680. The maximum Gasteiger partial charge on any atom is 0.0596 e. The van der Waals surface area contributed by atoms with Crippen molar-refractivity contribution in [3.63, 3.8) is 0 Å². The van der Waals surface area contributed by atoms with E-state index in [1.54, 1.807) is 5.57 Å². The van der Waals surface area contributed by atoms with E-state index in [2.05, 4.69) is 62.0 Å². The summed E-state index contributed by atoms with van der Waals surface area (Å²) in [6, 6.07) is 4.81. The van der Waals surface area contributed by atoms with Crippen molar-refractivity contribution in [2.45, 2.75) is 65.0 Å². The zero-order chi connectivity index (χ0) is 19.7. The van der Waals surface area contributed by atoms with Gasteiger partial charge in [-0.3, -0.25) is 4.90 Å². The predicted octanol–water partition coefficient (Wildman–Crippen LogP) is 4.87. The van der Waals surface area contributed by atoms with Crippen LogP contribution in [0.15, 0.2) is 36.1 Å². The van der Waals surface area contributed by atoms with Gasteiger partial charge in [0, 0.05) is 29.9 Å². The summed E-state index contributed by atoms with van der Waals surface area (Å²) >= 11 is 0. The van der Waals surface area contributed by atoms with Crippen molar-refractivity contribution in [2.75, 3.05) is 13.6 Å². The van der Waals surface area contributed by atoms with Gasteiger partial charge in [0.1, 0.15) is 0 Å². The molecule has 3 nitrogen and oxygen atoms in total. The number of H-pyrrole nitrogens is 1. The van der Waals surface area contributed by atoms with Crippen molar-refractivity contribution in [3.05, 3.63) is 41.7 Å². The summed E-state index contributed by atoms with van der Waals surface area (Å²) < 4.78 is 0. The Balaban J connectivity index is 1.64. The van der Waals surface area contributed by atoms with E-state index in [4.69, 9.17) is 0 Å². The summed E-state index contributed by atoms with van der Waals surface area (Å²) in [6.45, 7) is 8.26. The van der Waals surface area contributed by atoms with E-state index in [1.165, 1.54) is 37.0 Å². The fourth-order valence-corrected chi connectivity index (χ4v) is 7.89. The highest BCUT2D eigenvalue weighted by Gasteiger charge is 2.60. The quantitative estimate of drug-likeness (QED) is 0.682. The number of likely N-dealkylation sites (N-methyl/N-ethyl adjacent to an activating group) is 1. The van der Waals surface area contributed by atoms with Crippen LogP contribution in [-0.4, -0.2) is 40.7 Å². The highest BCUT2D eigenvalue weighted by atomic mass is 16.3. The summed E-state index contributed by atoms with van der Waals surface area (Å²) in [5, 5.41) is 10.8. The molecule has 4 aliphatic rings. The average Bonchev–Trinajstić information content (AvgIpc) is 3.29. The molecule has 5 rings (SSSR count). The molecule has 3 fully saturated rings. The van der Waals surface area contributed by atoms with E-state index in [1.807, 2.05) is 6.20 Å². The molecule has 0 aromatic carbocycles. The summed E-state index contributed by atoms with van der Waals surface area (Å²) in [7, 11) is 2.31. The lowest BCUT2D eigenvalue weighted by atomic mass is 9.47. The van der Waals surface area contributed by atoms with Crippen LogP contribution in [-0.2, 0) is 0 Å². The zero-order valence-corrected chi connectivity index (χ0v) is 17.9. The first-order chi connectivity index (χ1) is 13.4. The van der Waals surface area contributed by atoms with Crippen molar-refractivity contribution in [3.8, 4) is 0 Å². The third-order valence-corrected chi connectivity index (χ3v) is 9.36. The molecule has 0 saturated heterocycles. The third-order valence-electron chi connectivity index (χ3n) is 9.36. The van der Waals surface area contributed by atoms with Crippen LogP contribution in [0.25, 0.3) is 5.57 Å². The number of hydrogen-bond donors (Lipinski definition) is 2. The molecule has 3 heteroatoms. The van der Waals surface area contributed by atoms with Crippen molar-refractivity contribution < 1.29 is 5.11 Å². The third kappa shape index (κ3) is 2.42. The molecule has 0 spiro atoms. The lowest BCUT2D eigenvalue weighted by Gasteiger charge is -2.61. The first-order valence-electron chi connectivity index (χ1n) is 11.3. The van der Waals surface area contributed by atoms with E-state index in [9.17, 15) is 5.11 Å². The van der Waals surface area contributed by atoms with Crippen LogP contribution in [0.5, 0.6) is 0 Å². The number of nitrogens with zero attached hydrogens (tertiary/aromatic N) is 1. The number of aliphatic hydroxyl groups is 1. The molecule has 0 amide bonds. The van der Waals surface area contributed by atoms with Crippen LogP contribution in [0, 0.1) is 28.6 Å². The molecule has 28 heavy (non-hydrogen) atoms. The molecule has 2 heterocycles. The van der Waals surface area contributed by atoms with E-state index >= 15 is 0 Å². The maximum absolute atomic E-state index is 10.8. The average molecular weight is 381 g/mol. The number of aromatic amines is 1. The highest BCUT2D eigenvalue weighted by molar-refractivity contribution is 5.66. The Morgan fingerprint density at radius 2 is 2.04 bits per heavy atom. The smallest absolute Gasteiger partial charge is 0.0596 e. The van der Waals surface area contributed by atoms with Crippen LogP contribution in [0.2, 0.25) is 0 Å². The van der Waals surface area contributed by atoms with Crippen LogP contribution >= 0.6 is 0 Å². The minimum absolute atomic E-state index is 0.106. The molecule has 1 aliphatic heterocycles. The van der Waals surface area contributed by atoms with Gasteiger partial charge >= 0.3 is 0 Å². The summed E-state index contributed by atoms with van der Waals surface area (Å²) in [5.74, 6) is 2.07. The van der Waals surface area contributed by atoms with Crippen molar-refractivity contribution >= 4 is 5.57 Å². The molecule has 2 N–H and O–H groups in total. The monoisotopic (exact) mass is 380 g/mol. The van der Waals surface area contributed by atoms with Gasteiger partial charge in [-0.15, -0.1) is 0 Å². The second-order valence-electron chi connectivity index (χ2n) is 10.6. The second kappa shape index (κ2) is 6.34. The Hall–Kier alpha value is -1.32. The van der Waals surface area contributed by atoms with Crippen LogP contribution in [0.3, 0.4) is 0 Å². The molecule has 3 aliphatic carbocycles. The van der Waals surface area contributed by atoms with Gasteiger partial charge in [-0.05, 0) is 92.5 Å². The van der Waals surface area contributed by atoms with Crippen molar-refractivity contribution in [1.29, 1.82) is 0 Å². The first-order valence-corrected chi connectivity index (χ1v) is 11.3. The van der Waals surface area contributed by atoms with Gasteiger partial charge in [-0.25, -0.2) is 0 Å². The standard InChI is InChI=1S/C25H36N2O/c1-16(21-7-5-13-26-21)17-15-18-19-8-9-22(28)24(19,2)12-10-20(18)25(3)11-6-14-27(4)23(17)25/h5-7,11,13,18-20,22-23,26,28H,8-10,12,14-15H2,1-4H3/t18-,19-,20-,22-,23+,24-,25+/m0/s1. The Morgan fingerprint density at radius 3 is 2.79 bits per heavy atom. The molecular formula is C25H36N2O. The predicted molar refractivity (Wildman–Crippen MR) is 115 cm³/mol. The zero-order valence-electron chi connectivity index (χ0n) is 17.9. The van der Waals surface area contributed by atoms with Gasteiger partial charge in [0.05, 0.1) is 6.10 Å². The molecule has 1 aromatic rings. The molecule has 152 valence electrons. The Labute approximate surface area is 169 Å². The van der Waals surface area contributed by atoms with Gasteiger partial charge in [0.25, 0.3) is 0 Å². The summed E-state index contributed by atoms with van der Waals surface area (Å²) in [6.07, 6.45) is 12.7. The lowest BCUT2D eigenvalue weighted by Crippen LogP contribution is -2.59. The molecular weight excluding hydrogens is 344 g/mol. The Bertz CT molecular complexity index is 809. The SMILES string of the molecule is CC(=C1C[C@@H]2[C@H](CC[C@]3(C)[C@@H](O)CC[C@@H]23)[C@@]2(C)C=CCN(C)[C@H]12)c1ccc[nH]1. The molecule has 0 bridgehead atoms. The normalized spacial score (nSPS) is 47.4. The summed E-state index contributed by atoms with van der Waals surface area (Å²) in [4.78, 5) is 6.03. The van der Waals surface area contributed by atoms with Crippen LogP contribution in [0.4, 0.5) is 0 Å². The number of allylic oxidation sites excluding steroid dienone is 1. The Kier molecular flexibility index (Phi) is 4.23. The van der Waals surface area contributed by atoms with Crippen molar-refractivity contribution in [1.82, 2.24) is 9.88 Å².